The van der Waals surface area contributed by atoms with Crippen LogP contribution in [-0.4, -0.2) is 24.6 Å². The van der Waals surface area contributed by atoms with Crippen molar-refractivity contribution in [1.82, 2.24) is 9.97 Å². The Labute approximate surface area is 117 Å². The maximum absolute atomic E-state index is 11.3. The molecule has 1 aromatic carbocycles. The van der Waals surface area contributed by atoms with Gasteiger partial charge >= 0.3 is 0 Å². The second-order valence-electron chi connectivity index (χ2n) is 4.17. The maximum Gasteiger partial charge on any atom is 0.175 e. The molecule has 1 aromatic heterocycles. The number of nitriles is 1. The number of nitrogens with one attached hydrogen (secondary N) is 1. The highest BCUT2D eigenvalue weighted by Crippen LogP contribution is 2.11. The van der Waals surface area contributed by atoms with Crippen molar-refractivity contribution in [3.63, 3.8) is 0 Å². The Balaban J connectivity index is 2.02. The van der Waals surface area contributed by atoms with Crippen LogP contribution >= 0.6 is 0 Å². The van der Waals surface area contributed by atoms with Crippen LogP contribution in [0.2, 0.25) is 0 Å². The van der Waals surface area contributed by atoms with Gasteiger partial charge in [0.25, 0.3) is 0 Å². The van der Waals surface area contributed by atoms with Gasteiger partial charge in [-0.1, -0.05) is 12.1 Å². The van der Waals surface area contributed by atoms with E-state index in [2.05, 4.69) is 15.3 Å². The number of rotatable bonds is 4. The van der Waals surface area contributed by atoms with Crippen LogP contribution in [0.4, 0.5) is 5.82 Å². The first-order chi connectivity index (χ1) is 9.49. The monoisotopic (exact) mass is 288 g/mol. The van der Waals surface area contributed by atoms with E-state index in [0.717, 1.165) is 5.56 Å². The number of hydrogen-bond acceptors (Lipinski definition) is 6. The zero-order chi connectivity index (χ0) is 14.6. The van der Waals surface area contributed by atoms with Gasteiger partial charge in [0.15, 0.2) is 15.5 Å². The fraction of sp³-hybridized carbons (Fsp3) is 0.154. The van der Waals surface area contributed by atoms with Gasteiger partial charge in [-0.2, -0.15) is 5.26 Å². The molecule has 7 heteroatoms. The minimum absolute atomic E-state index is 0.257. The molecule has 0 bridgehead atoms. The van der Waals surface area contributed by atoms with Gasteiger partial charge in [0.2, 0.25) is 0 Å². The molecule has 0 saturated carbocycles. The first-order valence-electron chi connectivity index (χ1n) is 5.74. The molecular formula is C13H12N4O2S. The van der Waals surface area contributed by atoms with Crippen LogP contribution in [0.25, 0.3) is 0 Å². The highest BCUT2D eigenvalue weighted by molar-refractivity contribution is 7.90. The van der Waals surface area contributed by atoms with E-state index in [1.165, 1.54) is 18.6 Å². The van der Waals surface area contributed by atoms with Crippen LogP contribution in [0.1, 0.15) is 11.3 Å². The third-order valence-corrected chi connectivity index (χ3v) is 3.72. The van der Waals surface area contributed by atoms with Crippen molar-refractivity contribution in [2.75, 3.05) is 11.6 Å². The second-order valence-corrected chi connectivity index (χ2v) is 6.18. The molecule has 20 heavy (non-hydrogen) atoms. The van der Waals surface area contributed by atoms with E-state index in [-0.39, 0.29) is 5.69 Å². The molecule has 0 aliphatic rings. The summed E-state index contributed by atoms with van der Waals surface area (Å²) in [6.45, 7) is 0.491. The summed E-state index contributed by atoms with van der Waals surface area (Å²) in [6, 6.07) is 8.50. The summed E-state index contributed by atoms with van der Waals surface area (Å²) >= 11 is 0. The van der Waals surface area contributed by atoms with E-state index in [1.54, 1.807) is 24.3 Å². The first-order valence-corrected chi connectivity index (χ1v) is 7.63. The smallest absolute Gasteiger partial charge is 0.175 e. The Bertz CT molecular complexity index is 731. The summed E-state index contributed by atoms with van der Waals surface area (Å²) in [7, 11) is -3.17. The van der Waals surface area contributed by atoms with Crippen LogP contribution in [0.5, 0.6) is 0 Å². The van der Waals surface area contributed by atoms with Crippen molar-refractivity contribution in [2.24, 2.45) is 0 Å². The summed E-state index contributed by atoms with van der Waals surface area (Å²) in [5.74, 6) is 0.552. The Kier molecular flexibility index (Phi) is 3.96. The molecule has 0 radical (unpaired) electrons. The van der Waals surface area contributed by atoms with E-state index >= 15 is 0 Å². The molecule has 0 fully saturated rings. The lowest BCUT2D eigenvalue weighted by molar-refractivity contribution is 0.602. The summed E-state index contributed by atoms with van der Waals surface area (Å²) in [4.78, 5) is 8.21. The van der Waals surface area contributed by atoms with Gasteiger partial charge in [0.05, 0.1) is 17.3 Å². The molecule has 1 N–H and O–H groups in total. The minimum Gasteiger partial charge on any atom is -0.365 e. The fourth-order valence-corrected chi connectivity index (χ4v) is 2.15. The quantitative estimate of drug-likeness (QED) is 0.912. The number of nitrogens with zero attached hydrogens (tertiary/aromatic N) is 3. The topological polar surface area (TPSA) is 95.7 Å². The number of sulfone groups is 1. The normalized spacial score (nSPS) is 10.8. The number of hydrogen-bond donors (Lipinski definition) is 1. The van der Waals surface area contributed by atoms with Crippen molar-refractivity contribution < 1.29 is 8.42 Å². The van der Waals surface area contributed by atoms with Crippen LogP contribution in [-0.2, 0) is 16.4 Å². The molecule has 6 nitrogen and oxygen atoms in total. The minimum atomic E-state index is -3.17. The predicted octanol–water partition coefficient (Wildman–Crippen LogP) is 1.36. The molecular weight excluding hydrogens is 276 g/mol. The Morgan fingerprint density at radius 1 is 1.20 bits per heavy atom. The molecule has 0 unspecified atom stereocenters. The Morgan fingerprint density at radius 2 is 1.90 bits per heavy atom. The molecule has 102 valence electrons. The lowest BCUT2D eigenvalue weighted by Crippen LogP contribution is -2.03. The largest absolute Gasteiger partial charge is 0.365 e. The SMILES string of the molecule is CS(=O)(=O)c1ccc(CNc2cnc(C#N)cn2)cc1. The molecule has 0 saturated heterocycles. The third-order valence-electron chi connectivity index (χ3n) is 2.59. The first kappa shape index (κ1) is 14.0. The number of benzene rings is 1. The van der Waals surface area contributed by atoms with Crippen molar-refractivity contribution >= 4 is 15.7 Å². The summed E-state index contributed by atoms with van der Waals surface area (Å²) in [5.41, 5.74) is 1.18. The summed E-state index contributed by atoms with van der Waals surface area (Å²) < 4.78 is 22.6. The van der Waals surface area contributed by atoms with Gasteiger partial charge < -0.3 is 5.32 Å². The van der Waals surface area contributed by atoms with E-state index in [0.29, 0.717) is 17.3 Å². The van der Waals surface area contributed by atoms with Gasteiger partial charge in [-0.25, -0.2) is 18.4 Å². The highest BCUT2D eigenvalue weighted by Gasteiger charge is 2.06. The van der Waals surface area contributed by atoms with Gasteiger partial charge in [-0.3, -0.25) is 0 Å². The lowest BCUT2D eigenvalue weighted by atomic mass is 10.2. The molecule has 0 atom stereocenters. The summed E-state index contributed by atoms with van der Waals surface area (Å²) in [5, 5.41) is 11.6. The van der Waals surface area contributed by atoms with Crippen molar-refractivity contribution in [1.29, 1.82) is 5.26 Å². The Morgan fingerprint density at radius 3 is 2.40 bits per heavy atom. The lowest BCUT2D eigenvalue weighted by Gasteiger charge is -2.06. The maximum atomic E-state index is 11.3. The standard InChI is InChI=1S/C13H12N4O2S/c1-20(18,19)12-4-2-10(3-5-12)7-16-13-9-15-11(6-14)8-17-13/h2-5,8-9H,7H2,1H3,(H,16,17). The molecule has 2 aromatic rings. The van der Waals surface area contributed by atoms with Crippen LogP contribution in [0.3, 0.4) is 0 Å². The molecule has 2 rings (SSSR count). The van der Waals surface area contributed by atoms with E-state index in [9.17, 15) is 8.42 Å². The van der Waals surface area contributed by atoms with Gasteiger partial charge in [-0.05, 0) is 17.7 Å². The zero-order valence-corrected chi connectivity index (χ0v) is 11.6. The molecule has 0 spiro atoms. The van der Waals surface area contributed by atoms with E-state index < -0.39 is 9.84 Å². The van der Waals surface area contributed by atoms with Crippen molar-refractivity contribution in [2.45, 2.75) is 11.4 Å². The van der Waals surface area contributed by atoms with E-state index in [1.807, 2.05) is 6.07 Å². The van der Waals surface area contributed by atoms with Crippen molar-refractivity contribution in [3.8, 4) is 6.07 Å². The number of aromatic nitrogens is 2. The van der Waals surface area contributed by atoms with Crippen LogP contribution in [0, 0.1) is 11.3 Å². The van der Waals surface area contributed by atoms with E-state index in [4.69, 9.17) is 5.26 Å². The van der Waals surface area contributed by atoms with Crippen LogP contribution < -0.4 is 5.32 Å². The van der Waals surface area contributed by atoms with Crippen molar-refractivity contribution in [3.05, 3.63) is 47.9 Å². The highest BCUT2D eigenvalue weighted by atomic mass is 32.2. The molecule has 0 aliphatic heterocycles. The molecule has 0 aliphatic carbocycles. The number of anilines is 1. The molecule has 1 heterocycles. The van der Waals surface area contributed by atoms with Gasteiger partial charge in [0, 0.05) is 12.8 Å². The average Bonchev–Trinajstić information content (AvgIpc) is 2.45. The average molecular weight is 288 g/mol. The second kappa shape index (κ2) is 5.67. The predicted molar refractivity (Wildman–Crippen MR) is 73.6 cm³/mol. The molecule has 0 amide bonds. The van der Waals surface area contributed by atoms with Gasteiger partial charge in [-0.15, -0.1) is 0 Å². The third kappa shape index (κ3) is 3.52. The Hall–Kier alpha value is -2.46. The summed E-state index contributed by atoms with van der Waals surface area (Å²) in [6.07, 6.45) is 4.03. The van der Waals surface area contributed by atoms with Gasteiger partial charge in [0.1, 0.15) is 11.9 Å². The fourth-order valence-electron chi connectivity index (χ4n) is 1.52. The van der Waals surface area contributed by atoms with Crippen LogP contribution in [0.15, 0.2) is 41.6 Å². The zero-order valence-electron chi connectivity index (χ0n) is 10.7.